The number of aliphatic imine (C=N–C) groups is 1. The molecule has 2 rings (SSSR count). The summed E-state index contributed by atoms with van der Waals surface area (Å²) in [5.74, 6) is 1.24. The number of halogens is 1. The second-order valence-electron chi connectivity index (χ2n) is 6.23. The highest BCUT2D eigenvalue weighted by atomic mass is 35.5. The van der Waals surface area contributed by atoms with Gasteiger partial charge in [-0.25, -0.2) is 0 Å². The van der Waals surface area contributed by atoms with E-state index in [1.165, 1.54) is 0 Å². The van der Waals surface area contributed by atoms with Gasteiger partial charge in [0, 0.05) is 23.7 Å². The number of nitriles is 2. The van der Waals surface area contributed by atoms with Crippen molar-refractivity contribution in [3.63, 3.8) is 0 Å². The van der Waals surface area contributed by atoms with Gasteiger partial charge in [0.05, 0.1) is 12.3 Å². The van der Waals surface area contributed by atoms with Crippen LogP contribution in [0, 0.1) is 22.8 Å². The van der Waals surface area contributed by atoms with Crippen molar-refractivity contribution in [2.24, 2.45) is 4.99 Å². The highest BCUT2D eigenvalue weighted by molar-refractivity contribution is 6.30. The first-order chi connectivity index (χ1) is 14.2. The van der Waals surface area contributed by atoms with Gasteiger partial charge in [-0.2, -0.15) is 15.1 Å². The predicted molar refractivity (Wildman–Crippen MR) is 112 cm³/mol. The van der Waals surface area contributed by atoms with Crippen LogP contribution in [0.3, 0.4) is 0 Å². The highest BCUT2D eigenvalue weighted by Crippen LogP contribution is 2.16. The van der Waals surface area contributed by atoms with E-state index in [0.717, 1.165) is 37.1 Å². The van der Waals surface area contributed by atoms with Crippen molar-refractivity contribution < 1.29 is 9.30 Å². The smallest absolute Gasteiger partial charge is 0.233 e. The van der Waals surface area contributed by atoms with Crippen LogP contribution in [0.15, 0.2) is 53.8 Å². The van der Waals surface area contributed by atoms with Crippen LogP contribution in [0.1, 0.15) is 25.7 Å². The Morgan fingerprint density at radius 2 is 1.76 bits per heavy atom. The molecular formula is C21H24ClN6O+. The third-order valence-corrected chi connectivity index (χ3v) is 4.24. The van der Waals surface area contributed by atoms with Gasteiger partial charge >= 0.3 is 0 Å². The molecule has 1 heterocycles. The molecule has 0 bridgehead atoms. The van der Waals surface area contributed by atoms with E-state index in [0.29, 0.717) is 30.7 Å². The Morgan fingerprint density at radius 3 is 2.45 bits per heavy atom. The van der Waals surface area contributed by atoms with Gasteiger partial charge in [0.25, 0.3) is 0 Å². The minimum absolute atomic E-state index is 0.294. The first-order valence-corrected chi connectivity index (χ1v) is 9.80. The number of guanidine groups is 1. The maximum absolute atomic E-state index is 8.89. The number of ether oxygens (including phenoxy) is 1. The number of aromatic nitrogens is 1. The number of benzene rings is 1. The van der Waals surface area contributed by atoms with Gasteiger partial charge < -0.3 is 10.1 Å². The van der Waals surface area contributed by atoms with Crippen LogP contribution in [0.5, 0.6) is 5.75 Å². The molecule has 0 unspecified atom stereocenters. The normalized spacial score (nSPS) is 10.7. The zero-order chi connectivity index (χ0) is 20.7. The Hall–Kier alpha value is -3.29. The summed E-state index contributed by atoms with van der Waals surface area (Å²) in [5, 5.41) is 23.9. The van der Waals surface area contributed by atoms with Crippen molar-refractivity contribution in [2.75, 3.05) is 18.5 Å². The Kier molecular flexibility index (Phi) is 9.85. The van der Waals surface area contributed by atoms with Crippen LogP contribution in [-0.2, 0) is 6.54 Å². The summed E-state index contributed by atoms with van der Waals surface area (Å²) < 4.78 is 7.43. The molecule has 0 saturated carbocycles. The average Bonchev–Trinajstić information content (AvgIpc) is 2.73. The summed E-state index contributed by atoms with van der Waals surface area (Å²) in [6, 6.07) is 13.1. The number of nitrogens with one attached hydrogen (secondary N) is 2. The maximum Gasteiger partial charge on any atom is 0.233 e. The van der Waals surface area contributed by atoms with E-state index in [4.69, 9.17) is 26.9 Å². The fourth-order valence-corrected chi connectivity index (χ4v) is 2.63. The van der Waals surface area contributed by atoms with Gasteiger partial charge in [0.1, 0.15) is 11.8 Å². The molecule has 1 aromatic carbocycles. The fourth-order valence-electron chi connectivity index (χ4n) is 2.51. The summed E-state index contributed by atoms with van der Waals surface area (Å²) in [6.45, 7) is 1.59. The molecule has 0 radical (unpaired) electrons. The Balaban J connectivity index is 1.64. The lowest BCUT2D eigenvalue weighted by Gasteiger charge is -2.08. The largest absolute Gasteiger partial charge is 0.494 e. The van der Waals surface area contributed by atoms with E-state index in [9.17, 15) is 0 Å². The van der Waals surface area contributed by atoms with Gasteiger partial charge in [-0.05, 0) is 43.5 Å². The second-order valence-corrected chi connectivity index (χ2v) is 6.66. The van der Waals surface area contributed by atoms with Gasteiger partial charge in [-0.1, -0.05) is 18.0 Å². The number of rotatable bonds is 10. The van der Waals surface area contributed by atoms with Crippen molar-refractivity contribution in [3.8, 4) is 18.0 Å². The standard InChI is InChI=1S/C21H23ClN6O/c22-18-5-7-20(8-6-18)29-16-4-2-1-3-12-25-21(26-17-24)27-19-9-13-28(14-10-19)15-11-23/h5-10,13-14H,1-4,12,15-16H2,(H,25,26)/p+1. The van der Waals surface area contributed by atoms with Crippen LogP contribution in [-0.4, -0.2) is 19.1 Å². The Labute approximate surface area is 176 Å². The van der Waals surface area contributed by atoms with Gasteiger partial charge in [0.2, 0.25) is 12.5 Å². The van der Waals surface area contributed by atoms with E-state index in [1.807, 2.05) is 42.6 Å². The lowest BCUT2D eigenvalue weighted by Crippen LogP contribution is -2.32. The molecule has 0 aliphatic heterocycles. The lowest BCUT2D eigenvalue weighted by molar-refractivity contribution is -0.685. The molecule has 0 spiro atoms. The van der Waals surface area contributed by atoms with Crippen LogP contribution in [0.4, 0.5) is 5.69 Å². The minimum Gasteiger partial charge on any atom is -0.494 e. The first-order valence-electron chi connectivity index (χ1n) is 9.42. The number of unbranched alkanes of at least 4 members (excludes halogenated alkanes) is 3. The summed E-state index contributed by atoms with van der Waals surface area (Å²) in [6.07, 6.45) is 9.46. The molecule has 8 heteroatoms. The molecule has 2 N–H and O–H groups in total. The van der Waals surface area contributed by atoms with E-state index in [-0.39, 0.29) is 0 Å². The van der Waals surface area contributed by atoms with Crippen LogP contribution in [0.25, 0.3) is 0 Å². The molecule has 7 nitrogen and oxygen atoms in total. The molecule has 0 fully saturated rings. The van der Waals surface area contributed by atoms with Crippen molar-refractivity contribution in [2.45, 2.75) is 32.2 Å². The van der Waals surface area contributed by atoms with Crippen molar-refractivity contribution in [3.05, 3.63) is 53.8 Å². The number of hydrogen-bond acceptors (Lipinski definition) is 4. The molecule has 0 saturated heterocycles. The quantitative estimate of drug-likeness (QED) is 0.155. The summed E-state index contributed by atoms with van der Waals surface area (Å²) in [7, 11) is 0. The topological polar surface area (TPSA) is 97.1 Å². The molecule has 0 atom stereocenters. The van der Waals surface area contributed by atoms with Gasteiger partial charge in [-0.3, -0.25) is 10.3 Å². The molecular weight excluding hydrogens is 388 g/mol. The Bertz CT molecular complexity index is 853. The number of pyridine rings is 1. The third-order valence-electron chi connectivity index (χ3n) is 3.99. The molecule has 1 aromatic heterocycles. The van der Waals surface area contributed by atoms with Crippen LogP contribution >= 0.6 is 11.6 Å². The van der Waals surface area contributed by atoms with Gasteiger partial charge in [-0.15, -0.1) is 0 Å². The molecule has 2 aromatic rings. The molecule has 0 aliphatic carbocycles. The molecule has 0 aliphatic rings. The fraction of sp³-hybridized carbons (Fsp3) is 0.333. The lowest BCUT2D eigenvalue weighted by atomic mass is 10.2. The van der Waals surface area contributed by atoms with Crippen LogP contribution in [0.2, 0.25) is 5.02 Å². The van der Waals surface area contributed by atoms with E-state index in [2.05, 4.69) is 21.7 Å². The van der Waals surface area contributed by atoms with E-state index < -0.39 is 0 Å². The first kappa shape index (κ1) is 22.0. The van der Waals surface area contributed by atoms with Crippen molar-refractivity contribution in [1.29, 1.82) is 10.5 Å². The molecule has 29 heavy (non-hydrogen) atoms. The Morgan fingerprint density at radius 1 is 1.03 bits per heavy atom. The van der Waals surface area contributed by atoms with Crippen LogP contribution < -0.4 is 19.9 Å². The summed E-state index contributed by atoms with van der Waals surface area (Å²) in [4.78, 5) is 4.41. The number of hydrogen-bond donors (Lipinski definition) is 2. The number of nitrogens with zero attached hydrogens (tertiary/aromatic N) is 4. The monoisotopic (exact) mass is 411 g/mol. The molecule has 0 amide bonds. The highest BCUT2D eigenvalue weighted by Gasteiger charge is 2.03. The second kappa shape index (κ2) is 13.0. The third kappa shape index (κ3) is 8.96. The minimum atomic E-state index is 0.294. The molecule has 150 valence electrons. The SMILES string of the molecule is N#CC[n+]1ccc(NC(=NCCCCCCOc2ccc(Cl)cc2)NC#N)cc1. The zero-order valence-electron chi connectivity index (χ0n) is 16.1. The van der Waals surface area contributed by atoms with E-state index >= 15 is 0 Å². The average molecular weight is 412 g/mol. The van der Waals surface area contributed by atoms with Crippen molar-refractivity contribution >= 4 is 23.2 Å². The predicted octanol–water partition coefficient (Wildman–Crippen LogP) is 3.63. The summed E-state index contributed by atoms with van der Waals surface area (Å²) >= 11 is 5.84. The maximum atomic E-state index is 8.89. The van der Waals surface area contributed by atoms with Gasteiger partial charge in [0.15, 0.2) is 18.6 Å². The summed E-state index contributed by atoms with van der Waals surface area (Å²) in [5.41, 5.74) is 0.792. The van der Waals surface area contributed by atoms with Crippen molar-refractivity contribution in [1.82, 2.24) is 5.32 Å². The zero-order valence-corrected chi connectivity index (χ0v) is 16.9. The number of anilines is 1. The van der Waals surface area contributed by atoms with E-state index in [1.54, 1.807) is 17.0 Å².